The van der Waals surface area contributed by atoms with Crippen molar-refractivity contribution >= 4 is 5.91 Å². The maximum atomic E-state index is 12.2. The van der Waals surface area contributed by atoms with E-state index in [2.05, 4.69) is 17.1 Å². The van der Waals surface area contributed by atoms with Gasteiger partial charge in [-0.25, -0.2) is 0 Å². The molecule has 0 bridgehead atoms. The number of piperidine rings is 1. The van der Waals surface area contributed by atoms with E-state index in [1.807, 2.05) is 24.3 Å². The van der Waals surface area contributed by atoms with E-state index in [1.165, 1.54) is 0 Å². The number of carbonyl (C=O) groups is 1. The molecule has 1 unspecified atom stereocenters. The van der Waals surface area contributed by atoms with Gasteiger partial charge in [-0.3, -0.25) is 4.79 Å². The van der Waals surface area contributed by atoms with E-state index in [-0.39, 0.29) is 12.5 Å². The van der Waals surface area contributed by atoms with Gasteiger partial charge >= 0.3 is 0 Å². The van der Waals surface area contributed by atoms with Gasteiger partial charge in [-0.15, -0.1) is 0 Å². The third-order valence-electron chi connectivity index (χ3n) is 4.52. The van der Waals surface area contributed by atoms with Crippen LogP contribution < -0.4 is 14.8 Å². The molecule has 1 aromatic rings. The Morgan fingerprint density at radius 3 is 2.73 bits per heavy atom. The van der Waals surface area contributed by atoms with Gasteiger partial charge in [-0.1, -0.05) is 19.1 Å². The number of fused-ring (bicyclic) bond motifs is 1. The molecule has 2 aliphatic heterocycles. The fraction of sp³-hybridized carbons (Fsp3) is 0.588. The molecule has 0 radical (unpaired) electrons. The van der Waals surface area contributed by atoms with E-state index < -0.39 is 6.10 Å². The molecule has 22 heavy (non-hydrogen) atoms. The summed E-state index contributed by atoms with van der Waals surface area (Å²) in [4.78, 5) is 14.7. The molecule has 5 heteroatoms. The lowest BCUT2D eigenvalue weighted by Gasteiger charge is -2.31. The number of carbonyl (C=O) groups excluding carboxylic acids is 1. The summed E-state index contributed by atoms with van der Waals surface area (Å²) >= 11 is 0. The van der Waals surface area contributed by atoms with Crippen molar-refractivity contribution in [2.75, 3.05) is 32.8 Å². The van der Waals surface area contributed by atoms with E-state index >= 15 is 0 Å². The summed E-state index contributed by atoms with van der Waals surface area (Å²) in [7, 11) is 0. The summed E-state index contributed by atoms with van der Waals surface area (Å²) in [5.74, 6) is 1.85. The summed E-state index contributed by atoms with van der Waals surface area (Å²) < 4.78 is 11.3. The molecule has 1 saturated heterocycles. The highest BCUT2D eigenvalue weighted by Gasteiger charge is 2.28. The van der Waals surface area contributed by atoms with Crippen LogP contribution in [0.15, 0.2) is 24.3 Å². The van der Waals surface area contributed by atoms with Gasteiger partial charge in [-0.05, 0) is 50.5 Å². The minimum atomic E-state index is -0.550. The minimum absolute atomic E-state index is 0.0765. The molecule has 120 valence electrons. The standard InChI is InChI=1S/C17H24N2O3/c1-2-19-9-7-13(8-10-19)11-18-17(20)16-12-21-14-5-3-4-6-15(14)22-16/h3-6,13,16H,2,7-12H2,1H3,(H,18,20). The van der Waals surface area contributed by atoms with E-state index in [0.29, 0.717) is 17.4 Å². The first-order chi connectivity index (χ1) is 10.8. The lowest BCUT2D eigenvalue weighted by Crippen LogP contribution is -2.46. The number of nitrogens with zero attached hydrogens (tertiary/aromatic N) is 1. The van der Waals surface area contributed by atoms with Gasteiger partial charge in [0.05, 0.1) is 0 Å². The number of para-hydroxylation sites is 2. The molecule has 0 saturated carbocycles. The van der Waals surface area contributed by atoms with Gasteiger partial charge in [0.25, 0.3) is 5.91 Å². The predicted octanol–water partition coefficient (Wildman–Crippen LogP) is 1.67. The second-order valence-electron chi connectivity index (χ2n) is 5.99. The van der Waals surface area contributed by atoms with Crippen LogP contribution >= 0.6 is 0 Å². The topological polar surface area (TPSA) is 50.8 Å². The lowest BCUT2D eigenvalue weighted by molar-refractivity contribution is -0.130. The van der Waals surface area contributed by atoms with Crippen LogP contribution in [0, 0.1) is 5.92 Å². The van der Waals surface area contributed by atoms with Crippen molar-refractivity contribution in [1.82, 2.24) is 10.2 Å². The van der Waals surface area contributed by atoms with Crippen LogP contribution in [0.2, 0.25) is 0 Å². The molecule has 0 spiro atoms. The van der Waals surface area contributed by atoms with E-state index in [1.54, 1.807) is 0 Å². The second kappa shape index (κ2) is 7.01. The van der Waals surface area contributed by atoms with E-state index in [0.717, 1.165) is 39.0 Å². The van der Waals surface area contributed by atoms with Gasteiger partial charge < -0.3 is 19.7 Å². The summed E-state index contributed by atoms with van der Waals surface area (Å²) in [5, 5.41) is 3.02. The van der Waals surface area contributed by atoms with Gasteiger partial charge in [0.15, 0.2) is 11.5 Å². The normalized spacial score (nSPS) is 22.3. The number of likely N-dealkylation sites (tertiary alicyclic amines) is 1. The molecule has 1 N–H and O–H groups in total. The molecular formula is C17H24N2O3. The first-order valence-electron chi connectivity index (χ1n) is 8.15. The van der Waals surface area contributed by atoms with Crippen LogP contribution in [0.4, 0.5) is 0 Å². The average molecular weight is 304 g/mol. The number of nitrogens with one attached hydrogen (secondary N) is 1. The molecule has 1 amide bonds. The van der Waals surface area contributed by atoms with Crippen molar-refractivity contribution < 1.29 is 14.3 Å². The van der Waals surface area contributed by atoms with Crippen molar-refractivity contribution in [2.45, 2.75) is 25.9 Å². The maximum absolute atomic E-state index is 12.2. The smallest absolute Gasteiger partial charge is 0.264 e. The molecule has 1 aromatic carbocycles. The van der Waals surface area contributed by atoms with Gasteiger partial charge in [0, 0.05) is 6.54 Å². The monoisotopic (exact) mass is 304 g/mol. The van der Waals surface area contributed by atoms with Crippen LogP contribution in [-0.2, 0) is 4.79 Å². The number of rotatable bonds is 4. The molecule has 0 aromatic heterocycles. The van der Waals surface area contributed by atoms with Crippen LogP contribution in [0.5, 0.6) is 11.5 Å². The van der Waals surface area contributed by atoms with Crippen molar-refractivity contribution in [3.8, 4) is 11.5 Å². The number of amides is 1. The van der Waals surface area contributed by atoms with Crippen molar-refractivity contribution in [2.24, 2.45) is 5.92 Å². The minimum Gasteiger partial charge on any atom is -0.485 e. The molecule has 2 aliphatic rings. The largest absolute Gasteiger partial charge is 0.485 e. The highest BCUT2D eigenvalue weighted by Crippen LogP contribution is 2.30. The van der Waals surface area contributed by atoms with Gasteiger partial charge in [0.2, 0.25) is 6.10 Å². The average Bonchev–Trinajstić information content (AvgIpc) is 2.59. The van der Waals surface area contributed by atoms with Gasteiger partial charge in [0.1, 0.15) is 6.61 Å². The molecule has 1 atom stereocenters. The summed E-state index contributed by atoms with van der Waals surface area (Å²) in [6.45, 7) is 6.59. The van der Waals surface area contributed by atoms with Gasteiger partial charge in [-0.2, -0.15) is 0 Å². The Kier molecular flexibility index (Phi) is 4.83. The number of ether oxygens (including phenoxy) is 2. The van der Waals surface area contributed by atoms with Crippen molar-refractivity contribution in [1.29, 1.82) is 0 Å². The molecule has 5 nitrogen and oxygen atoms in total. The highest BCUT2D eigenvalue weighted by molar-refractivity contribution is 5.81. The zero-order valence-electron chi connectivity index (χ0n) is 13.1. The zero-order chi connectivity index (χ0) is 15.4. The summed E-state index contributed by atoms with van der Waals surface area (Å²) in [6, 6.07) is 7.45. The Hall–Kier alpha value is -1.75. The fourth-order valence-corrected chi connectivity index (χ4v) is 3.01. The van der Waals surface area contributed by atoms with Crippen LogP contribution in [-0.4, -0.2) is 49.7 Å². The highest BCUT2D eigenvalue weighted by atomic mass is 16.6. The molecule has 1 fully saturated rings. The second-order valence-corrected chi connectivity index (χ2v) is 5.99. The van der Waals surface area contributed by atoms with Crippen LogP contribution in [0.25, 0.3) is 0 Å². The number of benzene rings is 1. The summed E-state index contributed by atoms with van der Waals surface area (Å²) in [6.07, 6.45) is 1.75. The lowest BCUT2D eigenvalue weighted by atomic mass is 9.97. The Morgan fingerprint density at radius 1 is 1.27 bits per heavy atom. The molecule has 2 heterocycles. The zero-order valence-corrected chi connectivity index (χ0v) is 13.1. The third kappa shape index (κ3) is 3.53. The van der Waals surface area contributed by atoms with E-state index in [4.69, 9.17) is 9.47 Å². The Morgan fingerprint density at radius 2 is 2.00 bits per heavy atom. The SMILES string of the molecule is CCN1CCC(CNC(=O)C2COc3ccccc3O2)CC1. The molecule has 0 aliphatic carbocycles. The van der Waals surface area contributed by atoms with Crippen molar-refractivity contribution in [3.05, 3.63) is 24.3 Å². The first kappa shape index (κ1) is 15.2. The Labute approximate surface area is 131 Å². The quantitative estimate of drug-likeness (QED) is 0.919. The molecule has 3 rings (SSSR count). The van der Waals surface area contributed by atoms with Crippen LogP contribution in [0.1, 0.15) is 19.8 Å². The third-order valence-corrected chi connectivity index (χ3v) is 4.52. The van der Waals surface area contributed by atoms with Crippen molar-refractivity contribution in [3.63, 3.8) is 0 Å². The maximum Gasteiger partial charge on any atom is 0.264 e. The van der Waals surface area contributed by atoms with Crippen LogP contribution in [0.3, 0.4) is 0 Å². The first-order valence-corrected chi connectivity index (χ1v) is 8.15. The number of hydrogen-bond acceptors (Lipinski definition) is 4. The van der Waals surface area contributed by atoms with E-state index in [9.17, 15) is 4.79 Å². The fourth-order valence-electron chi connectivity index (χ4n) is 3.01. The molecular weight excluding hydrogens is 280 g/mol. The Balaban J connectivity index is 1.45. The Bertz CT molecular complexity index is 512. The predicted molar refractivity (Wildman–Crippen MR) is 84.2 cm³/mol. The summed E-state index contributed by atoms with van der Waals surface area (Å²) in [5.41, 5.74) is 0. The number of hydrogen-bond donors (Lipinski definition) is 1.